The maximum atomic E-state index is 12.4. The van der Waals surface area contributed by atoms with Crippen LogP contribution in [0.5, 0.6) is 0 Å². The molecule has 7 nitrogen and oxygen atoms in total. The van der Waals surface area contributed by atoms with Crippen molar-refractivity contribution in [2.45, 2.75) is 12.5 Å². The molecule has 0 aromatic heterocycles. The lowest BCUT2D eigenvalue weighted by atomic mass is 10.1. The van der Waals surface area contributed by atoms with Crippen molar-refractivity contribution in [1.82, 2.24) is 10.2 Å². The second-order valence-electron chi connectivity index (χ2n) is 5.32. The molecular weight excluding hydrogens is 320 g/mol. The summed E-state index contributed by atoms with van der Waals surface area (Å²) in [5, 5.41) is 6.07. The number of ether oxygens (including phenoxy) is 1. The molecule has 2 aliphatic heterocycles. The highest BCUT2D eigenvalue weighted by Gasteiger charge is 2.29. The van der Waals surface area contributed by atoms with E-state index in [2.05, 4.69) is 15.6 Å². The molecule has 1 unspecified atom stereocenters. The maximum absolute atomic E-state index is 12.4. The number of hydrogen-bond donors (Lipinski definition) is 2. The molecule has 2 amide bonds. The highest BCUT2D eigenvalue weighted by atomic mass is 35.5. The Kier molecular flexibility index (Phi) is 4.78. The molecule has 1 atom stereocenters. The molecule has 3 rings (SSSR count). The second-order valence-corrected chi connectivity index (χ2v) is 5.75. The monoisotopic (exact) mass is 336 g/mol. The highest BCUT2D eigenvalue weighted by Crippen LogP contribution is 2.15. The average molecular weight is 337 g/mol. The summed E-state index contributed by atoms with van der Waals surface area (Å²) in [6, 6.07) is 6.04. The first kappa shape index (κ1) is 15.8. The molecule has 2 N–H and O–H groups in total. The van der Waals surface area contributed by atoms with Crippen LogP contribution in [0.15, 0.2) is 29.3 Å². The van der Waals surface area contributed by atoms with Gasteiger partial charge in [-0.25, -0.2) is 4.99 Å². The minimum atomic E-state index is -0.739. The van der Waals surface area contributed by atoms with Crippen LogP contribution in [-0.2, 0) is 14.3 Å². The summed E-state index contributed by atoms with van der Waals surface area (Å²) < 4.78 is 5.28. The largest absolute Gasteiger partial charge is 0.378 e. The van der Waals surface area contributed by atoms with Gasteiger partial charge in [-0.15, -0.1) is 0 Å². The number of hydrogen-bond acceptors (Lipinski definition) is 5. The van der Waals surface area contributed by atoms with Gasteiger partial charge < -0.3 is 15.0 Å². The summed E-state index contributed by atoms with van der Waals surface area (Å²) in [6.45, 7) is 2.45. The molecular formula is C15H17ClN4O3. The number of nitrogens with zero attached hydrogens (tertiary/aromatic N) is 2. The van der Waals surface area contributed by atoms with Gasteiger partial charge >= 0.3 is 0 Å². The summed E-state index contributed by atoms with van der Waals surface area (Å²) >= 11 is 5.82. The third kappa shape index (κ3) is 4.00. The summed E-state index contributed by atoms with van der Waals surface area (Å²) in [7, 11) is 0. The molecule has 23 heavy (non-hydrogen) atoms. The Bertz CT molecular complexity index is 626. The second kappa shape index (κ2) is 6.97. The van der Waals surface area contributed by atoms with Crippen molar-refractivity contribution in [3.05, 3.63) is 29.3 Å². The van der Waals surface area contributed by atoms with Gasteiger partial charge in [0.2, 0.25) is 17.8 Å². The van der Waals surface area contributed by atoms with E-state index in [9.17, 15) is 9.59 Å². The lowest BCUT2D eigenvalue weighted by molar-refractivity contribution is -0.125. The number of morpholine rings is 1. The van der Waals surface area contributed by atoms with Gasteiger partial charge in [0, 0.05) is 23.8 Å². The van der Waals surface area contributed by atoms with Gasteiger partial charge in [-0.05, 0) is 24.3 Å². The van der Waals surface area contributed by atoms with E-state index < -0.39 is 6.04 Å². The van der Waals surface area contributed by atoms with Crippen molar-refractivity contribution < 1.29 is 14.3 Å². The normalized spacial score (nSPS) is 21.4. The van der Waals surface area contributed by atoms with E-state index in [4.69, 9.17) is 16.3 Å². The first-order valence-electron chi connectivity index (χ1n) is 7.38. The molecule has 1 fully saturated rings. The zero-order valence-corrected chi connectivity index (χ0v) is 13.2. The van der Waals surface area contributed by atoms with Gasteiger partial charge in [-0.3, -0.25) is 14.9 Å². The van der Waals surface area contributed by atoms with Crippen LogP contribution in [0.3, 0.4) is 0 Å². The Hall–Kier alpha value is -2.12. The zero-order valence-electron chi connectivity index (χ0n) is 12.4. The number of carbonyl (C=O) groups excluding carboxylic acids is 2. The van der Waals surface area contributed by atoms with E-state index in [0.29, 0.717) is 43.0 Å². The van der Waals surface area contributed by atoms with Gasteiger partial charge in [0.15, 0.2) is 0 Å². The molecule has 0 spiro atoms. The Morgan fingerprint density at radius 2 is 2.00 bits per heavy atom. The van der Waals surface area contributed by atoms with E-state index in [-0.39, 0.29) is 18.2 Å². The van der Waals surface area contributed by atoms with Gasteiger partial charge in [0.1, 0.15) is 6.04 Å². The predicted molar refractivity (Wildman–Crippen MR) is 86.5 cm³/mol. The van der Waals surface area contributed by atoms with E-state index in [1.807, 2.05) is 4.90 Å². The zero-order chi connectivity index (χ0) is 16.2. The smallest absolute Gasteiger partial charge is 0.249 e. The number of guanidine groups is 1. The van der Waals surface area contributed by atoms with E-state index in [1.54, 1.807) is 24.3 Å². The summed E-state index contributed by atoms with van der Waals surface area (Å²) in [4.78, 5) is 30.5. The van der Waals surface area contributed by atoms with Gasteiger partial charge in [0.05, 0.1) is 19.6 Å². The molecule has 1 saturated heterocycles. The van der Waals surface area contributed by atoms with Crippen molar-refractivity contribution in [2.75, 3.05) is 31.6 Å². The number of carbonyl (C=O) groups is 2. The number of halogens is 1. The van der Waals surface area contributed by atoms with Gasteiger partial charge in [0.25, 0.3) is 0 Å². The van der Waals surface area contributed by atoms with Gasteiger partial charge in [-0.2, -0.15) is 0 Å². The Labute approximate surface area is 138 Å². The van der Waals surface area contributed by atoms with Crippen molar-refractivity contribution in [2.24, 2.45) is 4.99 Å². The van der Waals surface area contributed by atoms with E-state index >= 15 is 0 Å². The number of nitrogens with one attached hydrogen (secondary N) is 2. The Balaban J connectivity index is 1.70. The topological polar surface area (TPSA) is 83.0 Å². The minimum Gasteiger partial charge on any atom is -0.378 e. The number of rotatable bonds is 2. The fourth-order valence-electron chi connectivity index (χ4n) is 2.42. The van der Waals surface area contributed by atoms with Crippen molar-refractivity contribution >= 4 is 35.1 Å². The fourth-order valence-corrected chi connectivity index (χ4v) is 2.55. The number of amides is 2. The summed E-state index contributed by atoms with van der Waals surface area (Å²) in [5.41, 5.74) is 0.619. The van der Waals surface area contributed by atoms with Crippen LogP contribution < -0.4 is 10.6 Å². The van der Waals surface area contributed by atoms with Crippen LogP contribution in [0.1, 0.15) is 6.42 Å². The van der Waals surface area contributed by atoms with Crippen LogP contribution in [-0.4, -0.2) is 55.0 Å². The molecule has 0 bridgehead atoms. The van der Waals surface area contributed by atoms with E-state index in [1.165, 1.54) is 0 Å². The molecule has 0 radical (unpaired) electrons. The average Bonchev–Trinajstić information content (AvgIpc) is 2.57. The van der Waals surface area contributed by atoms with Crippen molar-refractivity contribution in [3.63, 3.8) is 0 Å². The molecule has 122 valence electrons. The Morgan fingerprint density at radius 3 is 2.70 bits per heavy atom. The quantitative estimate of drug-likeness (QED) is 0.839. The van der Waals surface area contributed by atoms with E-state index in [0.717, 1.165) is 0 Å². The van der Waals surface area contributed by atoms with Crippen LogP contribution in [0, 0.1) is 0 Å². The van der Waals surface area contributed by atoms with Gasteiger partial charge in [-0.1, -0.05) is 11.6 Å². The molecule has 8 heteroatoms. The highest BCUT2D eigenvalue weighted by molar-refractivity contribution is 6.30. The molecule has 2 heterocycles. The fraction of sp³-hybridized carbons (Fsp3) is 0.400. The first-order valence-corrected chi connectivity index (χ1v) is 7.76. The summed E-state index contributed by atoms with van der Waals surface area (Å²) in [5.74, 6) is -0.0773. The molecule has 0 saturated carbocycles. The predicted octanol–water partition coefficient (Wildman–Crippen LogP) is 0.855. The standard InChI is InChI=1S/C15H17ClN4O3/c16-10-1-3-11(4-2-10)17-14(22)12-9-13(21)19-15(18-12)20-5-7-23-8-6-20/h1-4,12H,5-9H2,(H,17,22)(H,18,19,21). The summed E-state index contributed by atoms with van der Waals surface area (Å²) in [6.07, 6.45) is 0.0350. The number of anilines is 1. The van der Waals surface area contributed by atoms with Crippen LogP contribution in [0.4, 0.5) is 5.69 Å². The maximum Gasteiger partial charge on any atom is 0.249 e. The lowest BCUT2D eigenvalue weighted by Gasteiger charge is -2.32. The van der Waals surface area contributed by atoms with Crippen molar-refractivity contribution in [1.29, 1.82) is 0 Å². The minimum absolute atomic E-state index is 0.0350. The molecule has 1 aromatic carbocycles. The first-order chi connectivity index (χ1) is 11.1. The SMILES string of the molecule is O=C1CC(C(=O)Nc2ccc(Cl)cc2)N=C(N2CCOCC2)N1. The molecule has 2 aliphatic rings. The van der Waals surface area contributed by atoms with Crippen LogP contribution >= 0.6 is 11.6 Å². The third-order valence-corrected chi connectivity index (χ3v) is 3.89. The molecule has 1 aromatic rings. The number of benzene rings is 1. The molecule has 0 aliphatic carbocycles. The lowest BCUT2D eigenvalue weighted by Crippen LogP contribution is -2.53. The Morgan fingerprint density at radius 1 is 1.30 bits per heavy atom. The van der Waals surface area contributed by atoms with Crippen molar-refractivity contribution in [3.8, 4) is 0 Å². The van der Waals surface area contributed by atoms with Crippen LogP contribution in [0.25, 0.3) is 0 Å². The van der Waals surface area contributed by atoms with Crippen LogP contribution in [0.2, 0.25) is 5.02 Å². The third-order valence-electron chi connectivity index (χ3n) is 3.63. The number of aliphatic imine (C=N–C) groups is 1.